The molecule has 0 radical (unpaired) electrons. The lowest BCUT2D eigenvalue weighted by Gasteiger charge is -2.59. The average Bonchev–Trinajstić information content (AvgIpc) is 2.46. The first kappa shape index (κ1) is 17.9. The van der Waals surface area contributed by atoms with Gasteiger partial charge in [0.2, 0.25) is 0 Å². The van der Waals surface area contributed by atoms with Crippen LogP contribution in [0.3, 0.4) is 0 Å². The van der Waals surface area contributed by atoms with Gasteiger partial charge in [-0.1, -0.05) is 27.7 Å². The predicted molar refractivity (Wildman–Crippen MR) is 79.2 cm³/mol. The molecule has 0 heterocycles. The molecule has 0 spiro atoms. The normalized spacial score (nSPS) is 38.4. The first-order chi connectivity index (χ1) is 9.17. The highest BCUT2D eigenvalue weighted by Gasteiger charge is 2.60. The first-order valence-electron chi connectivity index (χ1n) is 7.75. The predicted octanol–water partition coefficient (Wildman–Crippen LogP) is 1.55. The number of aliphatic hydroxyl groups excluding tert-OH is 4. The maximum atomic E-state index is 9.51. The summed E-state index contributed by atoms with van der Waals surface area (Å²) in [6.45, 7) is 8.19. The van der Waals surface area contributed by atoms with Crippen molar-refractivity contribution in [2.75, 3.05) is 13.2 Å². The zero-order chi connectivity index (χ0) is 15.6. The summed E-state index contributed by atoms with van der Waals surface area (Å²) in [6, 6.07) is 0. The molecule has 2 aliphatic rings. The van der Waals surface area contributed by atoms with Crippen LogP contribution in [-0.4, -0.2) is 45.8 Å². The monoisotopic (exact) mass is 288 g/mol. The number of hydrogen-bond acceptors (Lipinski definition) is 4. The van der Waals surface area contributed by atoms with Crippen molar-refractivity contribution in [3.05, 3.63) is 0 Å². The van der Waals surface area contributed by atoms with Crippen LogP contribution in [0.25, 0.3) is 0 Å². The van der Waals surface area contributed by atoms with Gasteiger partial charge in [-0.05, 0) is 37.5 Å². The van der Waals surface area contributed by atoms with Gasteiger partial charge in [0.25, 0.3) is 0 Å². The van der Waals surface area contributed by atoms with Gasteiger partial charge in [-0.25, -0.2) is 0 Å². The molecule has 0 unspecified atom stereocenters. The molecular weight excluding hydrogens is 256 g/mol. The fourth-order valence-electron chi connectivity index (χ4n) is 3.72. The van der Waals surface area contributed by atoms with Crippen LogP contribution in [-0.2, 0) is 0 Å². The van der Waals surface area contributed by atoms with E-state index in [4.69, 9.17) is 10.2 Å². The fraction of sp³-hybridized carbons (Fsp3) is 1.00. The van der Waals surface area contributed by atoms with E-state index in [9.17, 15) is 10.2 Å². The van der Waals surface area contributed by atoms with Crippen molar-refractivity contribution in [3.63, 3.8) is 0 Å². The van der Waals surface area contributed by atoms with Crippen LogP contribution in [0, 0.1) is 22.7 Å². The van der Waals surface area contributed by atoms with Gasteiger partial charge in [0.15, 0.2) is 0 Å². The Kier molecular flexibility index (Phi) is 6.02. The Morgan fingerprint density at radius 1 is 0.700 bits per heavy atom. The van der Waals surface area contributed by atoms with E-state index in [1.54, 1.807) is 0 Å². The van der Waals surface area contributed by atoms with Gasteiger partial charge >= 0.3 is 0 Å². The van der Waals surface area contributed by atoms with Crippen molar-refractivity contribution in [2.45, 2.75) is 65.6 Å². The Morgan fingerprint density at radius 2 is 0.950 bits per heavy atom. The highest BCUT2D eigenvalue weighted by Crippen LogP contribution is 2.53. The molecule has 0 aromatic rings. The SMILES string of the molecule is CC1(C)C(O)C(C)(C)C1O.OCC1CCC(CO)CC1. The van der Waals surface area contributed by atoms with E-state index in [1.807, 2.05) is 27.7 Å². The summed E-state index contributed by atoms with van der Waals surface area (Å²) in [5.74, 6) is 1.03. The van der Waals surface area contributed by atoms with E-state index in [1.165, 1.54) is 0 Å². The molecule has 0 aromatic heterocycles. The molecule has 120 valence electrons. The Balaban J connectivity index is 0.000000200. The molecule has 0 saturated heterocycles. The Hall–Kier alpha value is -0.160. The summed E-state index contributed by atoms with van der Waals surface area (Å²) in [5, 5.41) is 36.6. The van der Waals surface area contributed by atoms with Crippen LogP contribution < -0.4 is 0 Å². The van der Waals surface area contributed by atoms with Gasteiger partial charge in [0, 0.05) is 24.0 Å². The van der Waals surface area contributed by atoms with Crippen LogP contribution in [0.5, 0.6) is 0 Å². The van der Waals surface area contributed by atoms with Gasteiger partial charge in [0.05, 0.1) is 12.2 Å². The molecule has 2 saturated carbocycles. The highest BCUT2D eigenvalue weighted by molar-refractivity contribution is 5.09. The highest BCUT2D eigenvalue weighted by atomic mass is 16.3. The summed E-state index contributed by atoms with van der Waals surface area (Å²) in [7, 11) is 0. The summed E-state index contributed by atoms with van der Waals surface area (Å²) < 4.78 is 0. The first-order valence-corrected chi connectivity index (χ1v) is 7.75. The van der Waals surface area contributed by atoms with Gasteiger partial charge in [0.1, 0.15) is 0 Å². The van der Waals surface area contributed by atoms with Gasteiger partial charge in [-0.15, -0.1) is 0 Å². The minimum absolute atomic E-state index is 0.316. The Labute approximate surface area is 122 Å². The quantitative estimate of drug-likeness (QED) is 0.621. The standard InChI is InChI=1S/2C8H16O2/c1-7(2)5(9)8(3,4)6(7)10;9-5-7-1-2-8(6-10)4-3-7/h5-6,9-10H,1-4H3;7-10H,1-6H2. The maximum absolute atomic E-state index is 9.51. The molecule has 2 fully saturated rings. The molecule has 20 heavy (non-hydrogen) atoms. The van der Waals surface area contributed by atoms with Crippen molar-refractivity contribution in [1.82, 2.24) is 0 Å². The lowest BCUT2D eigenvalue weighted by atomic mass is 9.51. The van der Waals surface area contributed by atoms with Gasteiger partial charge in [-0.3, -0.25) is 0 Å². The third-order valence-electron chi connectivity index (χ3n) is 5.30. The van der Waals surface area contributed by atoms with Crippen molar-refractivity contribution in [1.29, 1.82) is 0 Å². The van der Waals surface area contributed by atoms with Gasteiger partial charge in [-0.2, -0.15) is 0 Å². The zero-order valence-electron chi connectivity index (χ0n) is 13.3. The molecule has 0 amide bonds. The zero-order valence-corrected chi connectivity index (χ0v) is 13.3. The van der Waals surface area contributed by atoms with Crippen molar-refractivity contribution in [2.24, 2.45) is 22.7 Å². The van der Waals surface area contributed by atoms with E-state index in [0.29, 0.717) is 25.0 Å². The second-order valence-corrected chi connectivity index (χ2v) is 7.70. The molecule has 0 atom stereocenters. The Morgan fingerprint density at radius 3 is 1.10 bits per heavy atom. The van der Waals surface area contributed by atoms with Crippen molar-refractivity contribution < 1.29 is 20.4 Å². The molecular formula is C16H32O4. The topological polar surface area (TPSA) is 80.9 Å². The lowest BCUT2D eigenvalue weighted by Crippen LogP contribution is -2.67. The summed E-state index contributed by atoms with van der Waals surface area (Å²) in [4.78, 5) is 0. The van der Waals surface area contributed by atoms with Crippen LogP contribution in [0.15, 0.2) is 0 Å². The number of rotatable bonds is 2. The van der Waals surface area contributed by atoms with E-state index in [-0.39, 0.29) is 23.0 Å². The molecule has 2 aliphatic carbocycles. The summed E-state index contributed by atoms with van der Waals surface area (Å²) in [6.07, 6.45) is 3.64. The molecule has 0 aromatic carbocycles. The second-order valence-electron chi connectivity index (χ2n) is 7.70. The fourth-order valence-corrected chi connectivity index (χ4v) is 3.72. The van der Waals surface area contributed by atoms with Crippen LogP contribution in [0.4, 0.5) is 0 Å². The molecule has 0 bridgehead atoms. The smallest absolute Gasteiger partial charge is 0.0691 e. The Bertz CT molecular complexity index is 251. The summed E-state index contributed by atoms with van der Waals surface area (Å²) >= 11 is 0. The lowest BCUT2D eigenvalue weighted by molar-refractivity contribution is -0.247. The van der Waals surface area contributed by atoms with Crippen LogP contribution >= 0.6 is 0 Å². The summed E-state index contributed by atoms with van der Waals surface area (Å²) in [5.41, 5.74) is -0.632. The molecule has 4 N–H and O–H groups in total. The van der Waals surface area contributed by atoms with Gasteiger partial charge < -0.3 is 20.4 Å². The number of aliphatic hydroxyl groups is 4. The molecule has 4 heteroatoms. The largest absolute Gasteiger partial charge is 0.396 e. The third kappa shape index (κ3) is 3.53. The maximum Gasteiger partial charge on any atom is 0.0691 e. The minimum Gasteiger partial charge on any atom is -0.396 e. The molecule has 4 nitrogen and oxygen atoms in total. The van der Waals surface area contributed by atoms with E-state index >= 15 is 0 Å². The number of hydrogen-bond donors (Lipinski definition) is 4. The average molecular weight is 288 g/mol. The van der Waals surface area contributed by atoms with E-state index in [0.717, 1.165) is 25.7 Å². The second kappa shape index (κ2) is 6.73. The van der Waals surface area contributed by atoms with Crippen LogP contribution in [0.2, 0.25) is 0 Å². The van der Waals surface area contributed by atoms with E-state index in [2.05, 4.69) is 0 Å². The van der Waals surface area contributed by atoms with E-state index < -0.39 is 0 Å². The molecule has 2 rings (SSSR count). The minimum atomic E-state index is -0.380. The third-order valence-corrected chi connectivity index (χ3v) is 5.30. The van der Waals surface area contributed by atoms with Crippen molar-refractivity contribution >= 4 is 0 Å². The molecule has 0 aliphatic heterocycles. The van der Waals surface area contributed by atoms with Crippen molar-refractivity contribution in [3.8, 4) is 0 Å². The van der Waals surface area contributed by atoms with Crippen LogP contribution in [0.1, 0.15) is 53.4 Å².